The van der Waals surface area contributed by atoms with E-state index in [1.54, 1.807) is 0 Å². The van der Waals surface area contributed by atoms with E-state index in [2.05, 4.69) is 32.9 Å². The molecule has 1 aliphatic carbocycles. The highest BCUT2D eigenvalue weighted by Crippen LogP contribution is 2.48. The largest absolute Gasteiger partial charge is 0.488 e. The Bertz CT molecular complexity index is 376. The van der Waals surface area contributed by atoms with Gasteiger partial charge >= 0.3 is 0 Å². The molecule has 0 unspecified atom stereocenters. The Morgan fingerprint density at radius 1 is 1.50 bits per heavy atom. The number of nitrogens with zero attached hydrogens (tertiary/aromatic N) is 1. The number of anilines is 1. The third-order valence-electron chi connectivity index (χ3n) is 2.97. The van der Waals surface area contributed by atoms with E-state index >= 15 is 0 Å². The highest BCUT2D eigenvalue weighted by molar-refractivity contribution is 14.1. The summed E-state index contributed by atoms with van der Waals surface area (Å²) in [7, 11) is 0. The van der Waals surface area contributed by atoms with Gasteiger partial charge in [-0.3, -0.25) is 0 Å². The highest BCUT2D eigenvalue weighted by Gasteiger charge is 2.45. The number of pyridine rings is 1. The minimum Gasteiger partial charge on any atom is -0.488 e. The molecule has 0 atom stereocenters. The van der Waals surface area contributed by atoms with Gasteiger partial charge in [0.05, 0.1) is 10.2 Å². The Kier molecular flexibility index (Phi) is 1.87. The zero-order valence-corrected chi connectivity index (χ0v) is 9.87. The van der Waals surface area contributed by atoms with Crippen LogP contribution in [0.3, 0.4) is 0 Å². The van der Waals surface area contributed by atoms with Crippen LogP contribution in [0.25, 0.3) is 0 Å². The van der Waals surface area contributed by atoms with Crippen LogP contribution < -0.4 is 10.1 Å². The van der Waals surface area contributed by atoms with E-state index in [-0.39, 0.29) is 0 Å². The van der Waals surface area contributed by atoms with E-state index in [1.807, 2.05) is 12.3 Å². The first-order valence-corrected chi connectivity index (χ1v) is 5.88. The van der Waals surface area contributed by atoms with Gasteiger partial charge in [-0.05, 0) is 41.5 Å². The first-order chi connectivity index (χ1) is 6.79. The molecule has 3 rings (SSSR count). The highest BCUT2D eigenvalue weighted by atomic mass is 127. The second kappa shape index (κ2) is 2.98. The van der Waals surface area contributed by atoms with Gasteiger partial charge in [0.15, 0.2) is 11.6 Å². The van der Waals surface area contributed by atoms with Gasteiger partial charge in [-0.1, -0.05) is 0 Å². The Labute approximate surface area is 96.4 Å². The third-order valence-corrected chi connectivity index (χ3v) is 3.82. The maximum Gasteiger partial charge on any atom is 0.174 e. The van der Waals surface area contributed by atoms with E-state index < -0.39 is 0 Å². The van der Waals surface area contributed by atoms with E-state index in [9.17, 15) is 0 Å². The lowest BCUT2D eigenvalue weighted by Crippen LogP contribution is -2.18. The van der Waals surface area contributed by atoms with Gasteiger partial charge in [-0.2, -0.15) is 0 Å². The summed E-state index contributed by atoms with van der Waals surface area (Å²) >= 11 is 2.29. The van der Waals surface area contributed by atoms with Crippen LogP contribution >= 0.6 is 22.6 Å². The lowest BCUT2D eigenvalue weighted by Gasteiger charge is -2.10. The maximum absolute atomic E-state index is 5.82. The monoisotopic (exact) mass is 302 g/mol. The molecule has 0 saturated heterocycles. The average molecular weight is 302 g/mol. The molecular weight excluding hydrogens is 291 g/mol. The summed E-state index contributed by atoms with van der Waals surface area (Å²) in [5, 5.41) is 3.38. The number of rotatable bonds is 0. The molecule has 14 heavy (non-hydrogen) atoms. The Hall–Kier alpha value is -0.520. The van der Waals surface area contributed by atoms with Crippen molar-refractivity contribution in [2.45, 2.75) is 12.8 Å². The Morgan fingerprint density at radius 3 is 3.14 bits per heavy atom. The van der Waals surface area contributed by atoms with Crippen molar-refractivity contribution in [3.63, 3.8) is 0 Å². The molecule has 1 spiro atoms. The molecule has 1 aromatic rings. The molecule has 1 aromatic heterocycles. The number of ether oxygens (including phenoxy) is 1. The number of fused-ring (bicyclic) bond motifs is 1. The van der Waals surface area contributed by atoms with Crippen LogP contribution in [0.15, 0.2) is 12.3 Å². The van der Waals surface area contributed by atoms with Crippen LogP contribution in [0.1, 0.15) is 12.8 Å². The zero-order chi connectivity index (χ0) is 9.60. The normalized spacial score (nSPS) is 21.8. The van der Waals surface area contributed by atoms with Crippen molar-refractivity contribution < 1.29 is 4.74 Å². The van der Waals surface area contributed by atoms with Gasteiger partial charge in [0.1, 0.15) is 0 Å². The minimum atomic E-state index is 0.407. The van der Waals surface area contributed by atoms with E-state index in [0.29, 0.717) is 5.41 Å². The lowest BCUT2D eigenvalue weighted by atomic mass is 10.1. The molecule has 74 valence electrons. The zero-order valence-electron chi connectivity index (χ0n) is 7.72. The quantitative estimate of drug-likeness (QED) is 0.747. The van der Waals surface area contributed by atoms with E-state index in [1.165, 1.54) is 12.8 Å². The molecule has 1 aliphatic heterocycles. The van der Waals surface area contributed by atoms with Gasteiger partial charge in [0, 0.05) is 18.2 Å². The van der Waals surface area contributed by atoms with Crippen molar-refractivity contribution in [3.05, 3.63) is 15.8 Å². The molecule has 0 aromatic carbocycles. The predicted octanol–water partition coefficient (Wildman–Crippen LogP) is 2.27. The maximum atomic E-state index is 5.82. The Balaban J connectivity index is 1.96. The van der Waals surface area contributed by atoms with Gasteiger partial charge in [-0.25, -0.2) is 4.98 Å². The van der Waals surface area contributed by atoms with E-state index in [0.717, 1.165) is 28.3 Å². The van der Waals surface area contributed by atoms with Crippen LogP contribution in [-0.2, 0) is 0 Å². The number of aromatic nitrogens is 1. The fourth-order valence-corrected chi connectivity index (χ4v) is 2.31. The molecule has 4 heteroatoms. The second-order valence-corrected chi connectivity index (χ2v) is 5.27. The molecule has 0 amide bonds. The number of halogens is 1. The molecule has 0 radical (unpaired) electrons. The second-order valence-electron chi connectivity index (χ2n) is 4.11. The van der Waals surface area contributed by atoms with Crippen molar-refractivity contribution in [3.8, 4) is 5.75 Å². The lowest BCUT2D eigenvalue weighted by molar-refractivity contribution is 0.249. The number of hydrogen-bond donors (Lipinski definition) is 1. The van der Waals surface area contributed by atoms with Crippen molar-refractivity contribution >= 4 is 28.4 Å². The fraction of sp³-hybridized carbons (Fsp3) is 0.500. The predicted molar refractivity (Wildman–Crippen MR) is 62.6 cm³/mol. The molecule has 1 fully saturated rings. The molecule has 1 saturated carbocycles. The molecule has 1 N–H and O–H groups in total. The summed E-state index contributed by atoms with van der Waals surface area (Å²) in [5.41, 5.74) is 0.407. The molecule has 0 bridgehead atoms. The minimum absolute atomic E-state index is 0.407. The molecule has 2 heterocycles. The third kappa shape index (κ3) is 1.36. The van der Waals surface area contributed by atoms with E-state index in [4.69, 9.17) is 4.74 Å². The number of nitrogens with one attached hydrogen (secondary N) is 1. The van der Waals surface area contributed by atoms with Gasteiger partial charge in [-0.15, -0.1) is 0 Å². The van der Waals surface area contributed by atoms with Crippen molar-refractivity contribution in [1.29, 1.82) is 0 Å². The van der Waals surface area contributed by atoms with Gasteiger partial charge < -0.3 is 10.1 Å². The molecule has 3 nitrogen and oxygen atoms in total. The smallest absolute Gasteiger partial charge is 0.174 e. The molecule has 2 aliphatic rings. The van der Waals surface area contributed by atoms with Crippen LogP contribution in [0.5, 0.6) is 5.75 Å². The summed E-state index contributed by atoms with van der Waals surface area (Å²) in [4.78, 5) is 4.29. The van der Waals surface area contributed by atoms with Crippen molar-refractivity contribution in [2.24, 2.45) is 5.41 Å². The summed E-state index contributed by atoms with van der Waals surface area (Å²) in [6.45, 7) is 1.85. The van der Waals surface area contributed by atoms with Gasteiger partial charge in [0.25, 0.3) is 0 Å². The van der Waals surface area contributed by atoms with Crippen LogP contribution in [0.4, 0.5) is 5.82 Å². The summed E-state index contributed by atoms with van der Waals surface area (Å²) in [6.07, 6.45) is 4.39. The molecular formula is C10H11IN2O. The van der Waals surface area contributed by atoms with Gasteiger partial charge in [0.2, 0.25) is 0 Å². The SMILES string of the molecule is Ic1ccnc2c1OCC1(CC1)CN2. The summed E-state index contributed by atoms with van der Waals surface area (Å²) in [5.74, 6) is 1.83. The average Bonchev–Trinajstić information content (AvgIpc) is 2.96. The standard InChI is InChI=1S/C10H11IN2O/c11-7-1-4-12-9-8(7)14-6-10(2-3-10)5-13-9/h1,4H,2-3,5-6H2,(H,12,13). The Morgan fingerprint density at radius 2 is 2.36 bits per heavy atom. The first-order valence-electron chi connectivity index (χ1n) is 4.80. The first kappa shape index (κ1) is 8.76. The van der Waals surface area contributed by atoms with Crippen LogP contribution in [0, 0.1) is 8.99 Å². The van der Waals surface area contributed by atoms with Crippen molar-refractivity contribution in [2.75, 3.05) is 18.5 Å². The summed E-state index contributed by atoms with van der Waals surface area (Å²) < 4.78 is 6.96. The fourth-order valence-electron chi connectivity index (χ4n) is 1.73. The topological polar surface area (TPSA) is 34.1 Å². The number of hydrogen-bond acceptors (Lipinski definition) is 3. The van der Waals surface area contributed by atoms with Crippen LogP contribution in [-0.4, -0.2) is 18.1 Å². The van der Waals surface area contributed by atoms with Crippen molar-refractivity contribution in [1.82, 2.24) is 4.98 Å². The summed E-state index contributed by atoms with van der Waals surface area (Å²) in [6, 6.07) is 1.98. The van der Waals surface area contributed by atoms with Crippen LogP contribution in [0.2, 0.25) is 0 Å².